The van der Waals surface area contributed by atoms with Crippen LogP contribution in [-0.2, 0) is 11.3 Å². The van der Waals surface area contributed by atoms with Gasteiger partial charge in [0.05, 0.1) is 18.0 Å². The molecule has 0 spiro atoms. The summed E-state index contributed by atoms with van der Waals surface area (Å²) in [5, 5.41) is 10.7. The van der Waals surface area contributed by atoms with Crippen molar-refractivity contribution in [3.8, 4) is 11.5 Å². The van der Waals surface area contributed by atoms with Gasteiger partial charge in [0.2, 0.25) is 5.82 Å². The Morgan fingerprint density at radius 1 is 1.21 bits per heavy atom. The van der Waals surface area contributed by atoms with E-state index in [1.54, 1.807) is 24.4 Å². The van der Waals surface area contributed by atoms with Gasteiger partial charge in [0.15, 0.2) is 11.6 Å². The molecule has 2 aromatic carbocycles. The predicted molar refractivity (Wildman–Crippen MR) is 137 cm³/mol. The highest BCUT2D eigenvalue weighted by Crippen LogP contribution is 2.41. The first-order chi connectivity index (χ1) is 18.7. The monoisotopic (exact) mass is 549 g/mol. The SMILES string of the molecule is COc1ccc2ncc(CN)c([C@@H](F)CCC3(C(=O)O)CCN(CCOc4cc(F)cc(F)c4F)CC3)c2c1. The van der Waals surface area contributed by atoms with E-state index in [2.05, 4.69) is 4.98 Å². The molecule has 1 aromatic heterocycles. The number of likely N-dealkylation sites (tertiary alicyclic amines) is 1. The van der Waals surface area contributed by atoms with E-state index >= 15 is 4.39 Å². The van der Waals surface area contributed by atoms with Gasteiger partial charge in [0.1, 0.15) is 24.3 Å². The summed E-state index contributed by atoms with van der Waals surface area (Å²) in [6.07, 6.45) is 0.779. The smallest absolute Gasteiger partial charge is 0.309 e. The number of carboxylic acid groups (broad SMARTS) is 1. The molecule has 39 heavy (non-hydrogen) atoms. The summed E-state index contributed by atoms with van der Waals surface area (Å²) in [7, 11) is 1.52. The number of nitrogens with two attached hydrogens (primary N) is 1. The Labute approximate surface area is 223 Å². The molecule has 3 aromatic rings. The molecule has 1 fully saturated rings. The maximum Gasteiger partial charge on any atom is 0.309 e. The Morgan fingerprint density at radius 2 is 1.95 bits per heavy atom. The fourth-order valence-electron chi connectivity index (χ4n) is 5.14. The maximum atomic E-state index is 15.8. The van der Waals surface area contributed by atoms with Crippen LogP contribution in [0.4, 0.5) is 17.6 Å². The van der Waals surface area contributed by atoms with Crippen LogP contribution < -0.4 is 15.2 Å². The predicted octanol–water partition coefficient (Wildman–Crippen LogP) is 5.16. The van der Waals surface area contributed by atoms with Crippen molar-refractivity contribution >= 4 is 16.9 Å². The van der Waals surface area contributed by atoms with Crippen molar-refractivity contribution in [2.45, 2.75) is 38.4 Å². The van der Waals surface area contributed by atoms with Crippen molar-refractivity contribution < 1.29 is 36.9 Å². The number of pyridine rings is 1. The van der Waals surface area contributed by atoms with Crippen LogP contribution in [0.15, 0.2) is 36.5 Å². The highest BCUT2D eigenvalue weighted by molar-refractivity contribution is 5.85. The molecule has 4 rings (SSSR count). The first kappa shape index (κ1) is 28.6. The third-order valence-corrected chi connectivity index (χ3v) is 7.50. The van der Waals surface area contributed by atoms with E-state index in [-0.39, 0.29) is 38.8 Å². The number of ether oxygens (including phenoxy) is 2. The fraction of sp³-hybridized carbons (Fsp3) is 0.429. The highest BCUT2D eigenvalue weighted by Gasteiger charge is 2.42. The number of rotatable bonds is 11. The first-order valence-corrected chi connectivity index (χ1v) is 12.7. The molecular weight excluding hydrogens is 518 g/mol. The number of carbonyl (C=O) groups is 1. The molecule has 1 atom stereocenters. The molecular formula is C28H31F4N3O4. The van der Waals surface area contributed by atoms with E-state index in [9.17, 15) is 23.1 Å². The molecule has 210 valence electrons. The van der Waals surface area contributed by atoms with Crippen LogP contribution in [0.5, 0.6) is 11.5 Å². The van der Waals surface area contributed by atoms with Crippen LogP contribution in [-0.4, -0.2) is 54.3 Å². The van der Waals surface area contributed by atoms with Crippen molar-refractivity contribution in [2.75, 3.05) is 33.4 Å². The second-order valence-electron chi connectivity index (χ2n) is 9.77. The van der Waals surface area contributed by atoms with Crippen LogP contribution in [0.2, 0.25) is 0 Å². The fourth-order valence-corrected chi connectivity index (χ4v) is 5.14. The Bertz CT molecular complexity index is 1330. The number of hydrogen-bond donors (Lipinski definition) is 2. The topological polar surface area (TPSA) is 97.9 Å². The van der Waals surface area contributed by atoms with Gasteiger partial charge in [-0.2, -0.15) is 4.39 Å². The van der Waals surface area contributed by atoms with Gasteiger partial charge in [0, 0.05) is 42.4 Å². The molecule has 0 radical (unpaired) electrons. The molecule has 0 amide bonds. The van der Waals surface area contributed by atoms with Crippen molar-refractivity contribution in [3.05, 3.63) is 65.1 Å². The van der Waals surface area contributed by atoms with Crippen LogP contribution >= 0.6 is 0 Å². The normalized spacial score (nSPS) is 16.3. The third kappa shape index (κ3) is 6.25. The molecule has 0 bridgehead atoms. The summed E-state index contributed by atoms with van der Waals surface area (Å²) < 4.78 is 66.8. The second kappa shape index (κ2) is 12.2. The van der Waals surface area contributed by atoms with E-state index in [1.165, 1.54) is 7.11 Å². The molecule has 2 heterocycles. The van der Waals surface area contributed by atoms with Gasteiger partial charge in [-0.1, -0.05) is 0 Å². The Morgan fingerprint density at radius 3 is 2.62 bits per heavy atom. The minimum absolute atomic E-state index is 0.0108. The number of benzene rings is 2. The van der Waals surface area contributed by atoms with E-state index in [4.69, 9.17) is 15.2 Å². The van der Waals surface area contributed by atoms with E-state index in [0.29, 0.717) is 53.5 Å². The Hall–Kier alpha value is -3.44. The van der Waals surface area contributed by atoms with Gasteiger partial charge in [-0.05, 0) is 62.5 Å². The lowest BCUT2D eigenvalue weighted by atomic mass is 9.74. The van der Waals surface area contributed by atoms with Gasteiger partial charge in [0.25, 0.3) is 0 Å². The molecule has 7 nitrogen and oxygen atoms in total. The van der Waals surface area contributed by atoms with Gasteiger partial charge in [-0.15, -0.1) is 0 Å². The molecule has 0 aliphatic carbocycles. The average Bonchev–Trinajstić information content (AvgIpc) is 2.93. The number of aliphatic carboxylic acids is 1. The summed E-state index contributed by atoms with van der Waals surface area (Å²) in [6.45, 7) is 1.16. The molecule has 1 aliphatic heterocycles. The number of hydrogen-bond acceptors (Lipinski definition) is 6. The molecule has 11 heteroatoms. The minimum Gasteiger partial charge on any atom is -0.497 e. The number of halogens is 4. The van der Waals surface area contributed by atoms with Gasteiger partial charge < -0.3 is 20.3 Å². The second-order valence-corrected chi connectivity index (χ2v) is 9.77. The van der Waals surface area contributed by atoms with Crippen LogP contribution in [0.25, 0.3) is 10.9 Å². The number of methoxy groups -OCH3 is 1. The largest absolute Gasteiger partial charge is 0.497 e. The lowest BCUT2D eigenvalue weighted by Gasteiger charge is -2.39. The minimum atomic E-state index is -1.45. The van der Waals surface area contributed by atoms with E-state index < -0.39 is 40.8 Å². The van der Waals surface area contributed by atoms with Crippen LogP contribution in [0, 0.1) is 22.9 Å². The number of nitrogens with zero attached hydrogens (tertiary/aromatic N) is 2. The molecule has 0 saturated carbocycles. The molecule has 3 N–H and O–H groups in total. The van der Waals surface area contributed by atoms with Crippen LogP contribution in [0.1, 0.15) is 43.0 Å². The number of aromatic nitrogens is 1. The van der Waals surface area contributed by atoms with Crippen molar-refractivity contribution in [1.82, 2.24) is 9.88 Å². The maximum absolute atomic E-state index is 15.8. The van der Waals surface area contributed by atoms with E-state index in [0.717, 1.165) is 6.07 Å². The lowest BCUT2D eigenvalue weighted by Crippen LogP contribution is -2.45. The van der Waals surface area contributed by atoms with E-state index in [1.807, 2.05) is 4.90 Å². The number of carboxylic acids is 1. The van der Waals surface area contributed by atoms with Crippen molar-refractivity contribution in [3.63, 3.8) is 0 Å². The van der Waals surface area contributed by atoms with Crippen molar-refractivity contribution in [2.24, 2.45) is 11.1 Å². The number of fused-ring (bicyclic) bond motifs is 1. The molecule has 1 aliphatic rings. The van der Waals surface area contributed by atoms with Crippen LogP contribution in [0.3, 0.4) is 0 Å². The number of piperidine rings is 1. The summed E-state index contributed by atoms with van der Waals surface area (Å²) in [5.74, 6) is -4.50. The molecule has 1 saturated heterocycles. The summed E-state index contributed by atoms with van der Waals surface area (Å²) in [5.41, 5.74) is 6.31. The Balaban J connectivity index is 1.39. The van der Waals surface area contributed by atoms with Gasteiger partial charge in [-0.25, -0.2) is 13.2 Å². The zero-order valence-electron chi connectivity index (χ0n) is 21.6. The Kier molecular flexibility index (Phi) is 8.91. The highest BCUT2D eigenvalue weighted by atomic mass is 19.2. The summed E-state index contributed by atoms with van der Waals surface area (Å²) in [4.78, 5) is 18.6. The quantitative estimate of drug-likeness (QED) is 0.252. The lowest BCUT2D eigenvalue weighted by molar-refractivity contribution is -0.153. The van der Waals surface area contributed by atoms with Gasteiger partial charge in [-0.3, -0.25) is 14.7 Å². The number of alkyl halides is 1. The zero-order chi connectivity index (χ0) is 28.2. The molecule has 0 unspecified atom stereocenters. The van der Waals surface area contributed by atoms with Crippen molar-refractivity contribution in [1.29, 1.82) is 0 Å². The first-order valence-electron chi connectivity index (χ1n) is 12.7. The van der Waals surface area contributed by atoms with Gasteiger partial charge >= 0.3 is 5.97 Å². The summed E-state index contributed by atoms with van der Waals surface area (Å²) in [6, 6.07) is 6.39. The zero-order valence-corrected chi connectivity index (χ0v) is 21.6. The third-order valence-electron chi connectivity index (χ3n) is 7.50. The summed E-state index contributed by atoms with van der Waals surface area (Å²) >= 11 is 0. The standard InChI is InChI=1S/C28H31F4N3O4/c1-38-19-2-3-23-20(14-19)25(17(15-33)16-34-23)21(30)4-5-28(27(36)37)6-8-35(9-7-28)10-11-39-24-13-18(29)12-22(31)26(24)32/h2-3,12-14,16,21H,4-11,15,33H2,1H3,(H,36,37)/t21-/m0/s1. The average molecular weight is 550 g/mol.